The molecule has 0 atom stereocenters. The number of esters is 1. The summed E-state index contributed by atoms with van der Waals surface area (Å²) in [6, 6.07) is 6.44. The fourth-order valence-electron chi connectivity index (χ4n) is 1.31. The third-order valence-electron chi connectivity index (χ3n) is 2.26. The van der Waals surface area contributed by atoms with Crippen molar-refractivity contribution in [1.82, 2.24) is 0 Å². The van der Waals surface area contributed by atoms with Gasteiger partial charge in [0.15, 0.2) is 0 Å². The Bertz CT molecular complexity index is 448. The SMILES string of the molecule is CCC(=Cc1ccc(C(=O)OC)cc1)[N+](=O)[O-]. The molecule has 1 aromatic rings. The molecule has 90 valence electrons. The highest BCUT2D eigenvalue weighted by Gasteiger charge is 2.08. The number of allylic oxidation sites excluding steroid dienone is 1. The van der Waals surface area contributed by atoms with Gasteiger partial charge in [-0.15, -0.1) is 0 Å². The Kier molecular flexibility index (Phi) is 4.39. The topological polar surface area (TPSA) is 69.4 Å². The molecule has 0 saturated heterocycles. The normalized spacial score (nSPS) is 11.1. The number of ether oxygens (including phenoxy) is 1. The minimum atomic E-state index is -0.425. The molecule has 0 unspecified atom stereocenters. The fourth-order valence-corrected chi connectivity index (χ4v) is 1.31. The molecule has 17 heavy (non-hydrogen) atoms. The van der Waals surface area contributed by atoms with Crippen molar-refractivity contribution in [2.45, 2.75) is 13.3 Å². The molecule has 0 spiro atoms. The van der Waals surface area contributed by atoms with Gasteiger partial charge in [0.25, 0.3) is 0 Å². The maximum Gasteiger partial charge on any atom is 0.337 e. The predicted molar refractivity (Wildman–Crippen MR) is 63.0 cm³/mol. The molecule has 0 aliphatic heterocycles. The van der Waals surface area contributed by atoms with Crippen LogP contribution in [0, 0.1) is 10.1 Å². The number of carbonyl (C=O) groups excluding carboxylic acids is 1. The van der Waals surface area contributed by atoms with Crippen molar-refractivity contribution in [3.8, 4) is 0 Å². The van der Waals surface area contributed by atoms with Gasteiger partial charge in [-0.3, -0.25) is 10.1 Å². The van der Waals surface area contributed by atoms with E-state index in [1.165, 1.54) is 13.2 Å². The number of hydrogen-bond donors (Lipinski definition) is 0. The van der Waals surface area contributed by atoms with E-state index in [0.29, 0.717) is 17.5 Å². The lowest BCUT2D eigenvalue weighted by Gasteiger charge is -1.99. The second kappa shape index (κ2) is 5.79. The molecule has 0 fully saturated rings. The Labute approximate surface area is 98.9 Å². The highest BCUT2D eigenvalue weighted by atomic mass is 16.6. The van der Waals surface area contributed by atoms with Crippen LogP contribution < -0.4 is 0 Å². The van der Waals surface area contributed by atoms with E-state index in [0.717, 1.165) is 0 Å². The fraction of sp³-hybridized carbons (Fsp3) is 0.250. The van der Waals surface area contributed by atoms with Crippen LogP contribution in [0.1, 0.15) is 29.3 Å². The molecule has 5 heteroatoms. The minimum absolute atomic E-state index is 0.135. The van der Waals surface area contributed by atoms with Gasteiger partial charge in [-0.05, 0) is 17.7 Å². The number of carbonyl (C=O) groups is 1. The van der Waals surface area contributed by atoms with Crippen molar-refractivity contribution in [1.29, 1.82) is 0 Å². The number of benzene rings is 1. The number of hydrogen-bond acceptors (Lipinski definition) is 4. The van der Waals surface area contributed by atoms with Gasteiger partial charge in [0, 0.05) is 12.5 Å². The molecular weight excluding hydrogens is 222 g/mol. The smallest absolute Gasteiger partial charge is 0.337 e. The van der Waals surface area contributed by atoms with Gasteiger partial charge in [-0.2, -0.15) is 0 Å². The van der Waals surface area contributed by atoms with Crippen LogP contribution in [0.4, 0.5) is 0 Å². The molecule has 0 aromatic heterocycles. The molecule has 0 radical (unpaired) electrons. The van der Waals surface area contributed by atoms with E-state index < -0.39 is 10.9 Å². The Balaban J connectivity index is 2.95. The van der Waals surface area contributed by atoms with Crippen LogP contribution in [0.5, 0.6) is 0 Å². The quantitative estimate of drug-likeness (QED) is 0.456. The maximum absolute atomic E-state index is 11.2. The Morgan fingerprint density at radius 3 is 2.41 bits per heavy atom. The number of nitro groups is 1. The van der Waals surface area contributed by atoms with Gasteiger partial charge in [0.05, 0.1) is 17.6 Å². The first-order valence-corrected chi connectivity index (χ1v) is 5.11. The van der Waals surface area contributed by atoms with E-state index in [4.69, 9.17) is 0 Å². The molecular formula is C12H13NO4. The van der Waals surface area contributed by atoms with Crippen molar-refractivity contribution >= 4 is 12.0 Å². The van der Waals surface area contributed by atoms with Gasteiger partial charge in [-0.1, -0.05) is 19.1 Å². The van der Waals surface area contributed by atoms with Gasteiger partial charge in [-0.25, -0.2) is 4.79 Å². The van der Waals surface area contributed by atoms with Crippen molar-refractivity contribution in [2.24, 2.45) is 0 Å². The Morgan fingerprint density at radius 1 is 1.41 bits per heavy atom. The Hall–Kier alpha value is -2.17. The standard InChI is InChI=1S/C12H13NO4/c1-3-11(13(15)16)8-9-4-6-10(7-5-9)12(14)17-2/h4-8H,3H2,1-2H3. The molecule has 0 aliphatic carbocycles. The number of nitrogens with zero attached hydrogens (tertiary/aromatic N) is 1. The third-order valence-corrected chi connectivity index (χ3v) is 2.26. The summed E-state index contributed by atoms with van der Waals surface area (Å²) in [5, 5.41) is 10.6. The molecule has 0 amide bonds. The van der Waals surface area contributed by atoms with Gasteiger partial charge in [0.2, 0.25) is 5.70 Å². The predicted octanol–water partition coefficient (Wildman–Crippen LogP) is 2.50. The van der Waals surface area contributed by atoms with E-state index in [-0.39, 0.29) is 5.70 Å². The second-order valence-electron chi connectivity index (χ2n) is 3.36. The first-order valence-electron chi connectivity index (χ1n) is 5.11. The highest BCUT2D eigenvalue weighted by molar-refractivity contribution is 5.89. The molecule has 0 bridgehead atoms. The molecule has 0 aliphatic rings. The summed E-state index contributed by atoms with van der Waals surface area (Å²) < 4.78 is 4.55. The summed E-state index contributed by atoms with van der Waals surface area (Å²) in [5.41, 5.74) is 1.24. The van der Waals surface area contributed by atoms with Crippen LogP contribution in [-0.4, -0.2) is 18.0 Å². The summed E-state index contributed by atoms with van der Waals surface area (Å²) in [6.07, 6.45) is 1.84. The highest BCUT2D eigenvalue weighted by Crippen LogP contribution is 2.12. The summed E-state index contributed by atoms with van der Waals surface area (Å²) in [6.45, 7) is 1.72. The molecule has 1 rings (SSSR count). The average Bonchev–Trinajstić information content (AvgIpc) is 2.35. The summed E-state index contributed by atoms with van der Waals surface area (Å²) in [4.78, 5) is 21.4. The van der Waals surface area contributed by atoms with E-state index in [9.17, 15) is 14.9 Å². The lowest BCUT2D eigenvalue weighted by molar-refractivity contribution is -0.425. The van der Waals surface area contributed by atoms with Crippen molar-refractivity contribution in [3.05, 3.63) is 51.2 Å². The molecule has 0 saturated carbocycles. The molecule has 0 N–H and O–H groups in total. The lowest BCUT2D eigenvalue weighted by Crippen LogP contribution is -2.00. The molecule has 0 heterocycles. The van der Waals surface area contributed by atoms with Crippen molar-refractivity contribution in [3.63, 3.8) is 0 Å². The van der Waals surface area contributed by atoms with Crippen LogP contribution in [0.3, 0.4) is 0 Å². The molecule has 5 nitrogen and oxygen atoms in total. The van der Waals surface area contributed by atoms with Crippen molar-refractivity contribution in [2.75, 3.05) is 7.11 Å². The van der Waals surface area contributed by atoms with Gasteiger partial charge >= 0.3 is 5.97 Å². The summed E-state index contributed by atoms with van der Waals surface area (Å²) >= 11 is 0. The Morgan fingerprint density at radius 2 is 2.00 bits per heavy atom. The van der Waals surface area contributed by atoms with Crippen LogP contribution in [0.25, 0.3) is 6.08 Å². The summed E-state index contributed by atoms with van der Waals surface area (Å²) in [7, 11) is 1.30. The van der Waals surface area contributed by atoms with Crippen LogP contribution in [0.2, 0.25) is 0 Å². The largest absolute Gasteiger partial charge is 0.465 e. The number of methoxy groups -OCH3 is 1. The average molecular weight is 235 g/mol. The zero-order valence-electron chi connectivity index (χ0n) is 9.67. The monoisotopic (exact) mass is 235 g/mol. The van der Waals surface area contributed by atoms with E-state index >= 15 is 0 Å². The number of rotatable bonds is 4. The van der Waals surface area contributed by atoms with Gasteiger partial charge < -0.3 is 4.74 Å². The van der Waals surface area contributed by atoms with E-state index in [1.54, 1.807) is 31.2 Å². The van der Waals surface area contributed by atoms with Crippen LogP contribution >= 0.6 is 0 Å². The van der Waals surface area contributed by atoms with E-state index in [2.05, 4.69) is 4.74 Å². The van der Waals surface area contributed by atoms with Crippen LogP contribution in [0.15, 0.2) is 30.0 Å². The van der Waals surface area contributed by atoms with E-state index in [1.807, 2.05) is 0 Å². The van der Waals surface area contributed by atoms with Gasteiger partial charge in [0.1, 0.15) is 0 Å². The third kappa shape index (κ3) is 3.41. The first-order chi connectivity index (χ1) is 8.08. The van der Waals surface area contributed by atoms with Crippen molar-refractivity contribution < 1.29 is 14.5 Å². The summed E-state index contributed by atoms with van der Waals surface area (Å²) in [5.74, 6) is -0.425. The van der Waals surface area contributed by atoms with Crippen LogP contribution in [-0.2, 0) is 4.74 Å². The maximum atomic E-state index is 11.2. The second-order valence-corrected chi connectivity index (χ2v) is 3.36. The first kappa shape index (κ1) is 12.9. The zero-order chi connectivity index (χ0) is 12.8. The zero-order valence-corrected chi connectivity index (χ0v) is 9.67. The lowest BCUT2D eigenvalue weighted by atomic mass is 10.1. The minimum Gasteiger partial charge on any atom is -0.465 e. The molecule has 1 aromatic carbocycles.